The SMILES string of the molecule is CC(=O)Oc1cccc([S](=O)=O)c1S(C)(=O)=O. The van der Waals surface area contributed by atoms with E-state index in [1.165, 1.54) is 12.1 Å². The van der Waals surface area contributed by atoms with Crippen molar-refractivity contribution >= 4 is 26.5 Å². The largest absolute Gasteiger partial charge is 0.425 e. The van der Waals surface area contributed by atoms with Crippen LogP contribution in [0.25, 0.3) is 0 Å². The van der Waals surface area contributed by atoms with Gasteiger partial charge in [0.2, 0.25) is 10.7 Å². The summed E-state index contributed by atoms with van der Waals surface area (Å²) in [5, 5.41) is 0. The van der Waals surface area contributed by atoms with Gasteiger partial charge in [-0.2, -0.15) is 8.42 Å². The van der Waals surface area contributed by atoms with Crippen LogP contribution in [0.1, 0.15) is 6.92 Å². The molecular weight excluding hydrogens is 268 g/mol. The molecule has 1 aromatic carbocycles. The second kappa shape index (κ2) is 4.76. The molecule has 0 spiro atoms. The quantitative estimate of drug-likeness (QED) is 0.580. The highest BCUT2D eigenvalue weighted by Crippen LogP contribution is 2.28. The number of rotatable bonds is 3. The van der Waals surface area contributed by atoms with Crippen LogP contribution in [-0.4, -0.2) is 29.1 Å². The number of carbonyl (C=O) groups excluding carboxylic acids is 1. The summed E-state index contributed by atoms with van der Waals surface area (Å²) in [6.45, 7) is 1.09. The van der Waals surface area contributed by atoms with Gasteiger partial charge in [0.1, 0.15) is 9.79 Å². The Balaban J connectivity index is 3.63. The van der Waals surface area contributed by atoms with Crippen molar-refractivity contribution in [1.82, 2.24) is 0 Å². The molecule has 17 heavy (non-hydrogen) atoms. The van der Waals surface area contributed by atoms with E-state index in [9.17, 15) is 21.6 Å². The molecule has 0 fully saturated rings. The molecule has 0 bridgehead atoms. The maximum atomic E-state index is 11.5. The average molecular weight is 277 g/mol. The number of hydrogen-bond donors (Lipinski definition) is 0. The number of esters is 1. The van der Waals surface area contributed by atoms with Crippen LogP contribution < -0.4 is 4.74 Å². The maximum absolute atomic E-state index is 11.5. The molecule has 0 unspecified atom stereocenters. The molecule has 0 aromatic heterocycles. The first kappa shape index (κ1) is 13.5. The van der Waals surface area contributed by atoms with Gasteiger partial charge in [0.15, 0.2) is 15.6 Å². The summed E-state index contributed by atoms with van der Waals surface area (Å²) in [6.07, 6.45) is 0.839. The topological polar surface area (TPSA) is 94.6 Å². The second-order valence-electron chi connectivity index (χ2n) is 3.18. The van der Waals surface area contributed by atoms with Crippen molar-refractivity contribution in [2.24, 2.45) is 0 Å². The van der Waals surface area contributed by atoms with Gasteiger partial charge in [0.25, 0.3) is 0 Å². The Morgan fingerprint density at radius 1 is 1.29 bits per heavy atom. The van der Waals surface area contributed by atoms with Crippen LogP contribution in [0.5, 0.6) is 5.75 Å². The van der Waals surface area contributed by atoms with Gasteiger partial charge in [-0.25, -0.2) is 8.42 Å². The van der Waals surface area contributed by atoms with Gasteiger partial charge in [-0.15, -0.1) is 0 Å². The average Bonchev–Trinajstić information content (AvgIpc) is 2.14. The summed E-state index contributed by atoms with van der Waals surface area (Å²) in [7, 11) is -6.56. The summed E-state index contributed by atoms with van der Waals surface area (Å²) >= 11 is 0. The number of hydrogen-bond acceptors (Lipinski definition) is 6. The van der Waals surface area contributed by atoms with Gasteiger partial charge < -0.3 is 4.74 Å². The minimum atomic E-state index is -3.83. The van der Waals surface area contributed by atoms with Crippen LogP contribution in [0.3, 0.4) is 0 Å². The Bertz CT molecular complexity index is 619. The molecule has 0 aliphatic rings. The number of carbonyl (C=O) groups is 1. The predicted molar refractivity (Wildman–Crippen MR) is 58.0 cm³/mol. The number of benzene rings is 1. The van der Waals surface area contributed by atoms with E-state index in [2.05, 4.69) is 4.74 Å². The molecule has 0 atom stereocenters. The minimum absolute atomic E-state index is 0.290. The molecule has 0 saturated carbocycles. The van der Waals surface area contributed by atoms with E-state index in [0.717, 1.165) is 19.2 Å². The van der Waals surface area contributed by atoms with E-state index in [-0.39, 0.29) is 5.75 Å². The first-order valence-corrected chi connectivity index (χ1v) is 7.31. The standard InChI is InChI=1S/C9H9O6S2/c1-6(10)15-7-4-3-5-8(16(11)12)9(7)17(2,13)14/h3-5H,1-2H3. The molecule has 1 radical (unpaired) electrons. The fourth-order valence-corrected chi connectivity index (χ4v) is 3.24. The van der Waals surface area contributed by atoms with Crippen molar-refractivity contribution in [1.29, 1.82) is 0 Å². The molecule has 0 heterocycles. The van der Waals surface area contributed by atoms with Crippen molar-refractivity contribution in [3.63, 3.8) is 0 Å². The summed E-state index contributed by atoms with van der Waals surface area (Å²) in [5.74, 6) is -1.02. The third kappa shape index (κ3) is 3.21. The van der Waals surface area contributed by atoms with E-state index in [1.54, 1.807) is 0 Å². The summed E-state index contributed by atoms with van der Waals surface area (Å²) in [4.78, 5) is 9.87. The lowest BCUT2D eigenvalue weighted by molar-refractivity contribution is -0.132. The molecule has 0 amide bonds. The van der Waals surface area contributed by atoms with Gasteiger partial charge in [0, 0.05) is 13.2 Å². The van der Waals surface area contributed by atoms with Gasteiger partial charge >= 0.3 is 5.97 Å². The molecule has 6 nitrogen and oxygen atoms in total. The highest BCUT2D eigenvalue weighted by molar-refractivity contribution is 7.91. The zero-order valence-corrected chi connectivity index (χ0v) is 10.6. The van der Waals surface area contributed by atoms with Crippen LogP contribution in [0.2, 0.25) is 0 Å². The minimum Gasteiger partial charge on any atom is -0.425 e. The number of ether oxygens (including phenoxy) is 1. The van der Waals surface area contributed by atoms with Crippen LogP contribution in [0.15, 0.2) is 28.0 Å². The third-order valence-corrected chi connectivity index (χ3v) is 3.74. The lowest BCUT2D eigenvalue weighted by Gasteiger charge is -2.08. The first-order valence-electron chi connectivity index (χ1n) is 4.34. The van der Waals surface area contributed by atoms with Crippen LogP contribution in [0.4, 0.5) is 0 Å². The van der Waals surface area contributed by atoms with Crippen molar-refractivity contribution < 1.29 is 26.4 Å². The highest BCUT2D eigenvalue weighted by atomic mass is 32.2. The van der Waals surface area contributed by atoms with E-state index in [4.69, 9.17) is 0 Å². The third-order valence-electron chi connectivity index (χ3n) is 1.75. The fourth-order valence-electron chi connectivity index (χ4n) is 1.23. The highest BCUT2D eigenvalue weighted by Gasteiger charge is 2.22. The molecule has 1 rings (SSSR count). The van der Waals surface area contributed by atoms with Crippen molar-refractivity contribution in [3.8, 4) is 5.75 Å². The monoisotopic (exact) mass is 277 g/mol. The van der Waals surface area contributed by atoms with Gasteiger partial charge in [-0.05, 0) is 12.1 Å². The molecule has 0 N–H and O–H groups in total. The molecule has 8 heteroatoms. The first-order chi connectivity index (χ1) is 7.73. The second-order valence-corrected chi connectivity index (χ2v) is 6.05. The zero-order valence-electron chi connectivity index (χ0n) is 9.00. The van der Waals surface area contributed by atoms with E-state index >= 15 is 0 Å². The molecule has 0 aliphatic carbocycles. The molecule has 0 aliphatic heterocycles. The van der Waals surface area contributed by atoms with E-state index in [0.29, 0.717) is 0 Å². The van der Waals surface area contributed by atoms with Crippen LogP contribution in [0, 0.1) is 0 Å². The Morgan fingerprint density at radius 2 is 1.88 bits per heavy atom. The molecular formula is C9H9O6S2. The van der Waals surface area contributed by atoms with Gasteiger partial charge in [0.05, 0.1) is 0 Å². The molecule has 1 aromatic rings. The van der Waals surface area contributed by atoms with Gasteiger partial charge in [-0.3, -0.25) is 4.79 Å². The summed E-state index contributed by atoms with van der Waals surface area (Å²) in [6, 6.07) is 3.62. The Hall–Kier alpha value is -1.54. The number of sulfone groups is 1. The normalized spacial score (nSPS) is 10.9. The molecule has 93 valence electrons. The van der Waals surface area contributed by atoms with Crippen molar-refractivity contribution in [2.75, 3.05) is 6.26 Å². The lowest BCUT2D eigenvalue weighted by atomic mass is 10.3. The smallest absolute Gasteiger partial charge is 0.308 e. The Labute approximate surface area is 100 Å². The summed E-state index contributed by atoms with van der Waals surface area (Å²) < 4.78 is 49.5. The summed E-state index contributed by atoms with van der Waals surface area (Å²) in [5.41, 5.74) is 0. The lowest BCUT2D eigenvalue weighted by Crippen LogP contribution is -2.09. The van der Waals surface area contributed by atoms with Crippen LogP contribution >= 0.6 is 0 Å². The molecule has 0 saturated heterocycles. The Kier molecular flexibility index (Phi) is 3.79. The van der Waals surface area contributed by atoms with Gasteiger partial charge in [-0.1, -0.05) is 6.07 Å². The van der Waals surface area contributed by atoms with E-state index < -0.39 is 36.3 Å². The van der Waals surface area contributed by atoms with Crippen LogP contribution in [-0.2, 0) is 25.3 Å². The predicted octanol–water partition coefficient (Wildman–Crippen LogP) is 0.253. The van der Waals surface area contributed by atoms with Crippen molar-refractivity contribution in [2.45, 2.75) is 16.7 Å². The van der Waals surface area contributed by atoms with Crippen molar-refractivity contribution in [3.05, 3.63) is 18.2 Å². The maximum Gasteiger partial charge on any atom is 0.308 e. The van der Waals surface area contributed by atoms with E-state index in [1.807, 2.05) is 0 Å². The Morgan fingerprint density at radius 3 is 2.29 bits per heavy atom. The zero-order chi connectivity index (χ0) is 13.2. The fraction of sp³-hybridized carbons (Fsp3) is 0.222.